The number of hydrazone groups is 1. The SMILES string of the molecule is CCCCCOC(=O)OC1=CC2N(N=C1)C(C#N)=C(C#N)C21c2ccccc2-c2ccccc21. The molecule has 1 spiro atoms. The molecule has 0 radical (unpaired) electrons. The van der Waals surface area contributed by atoms with Crippen LogP contribution < -0.4 is 0 Å². The molecule has 0 saturated carbocycles. The van der Waals surface area contributed by atoms with Gasteiger partial charge in [-0.2, -0.15) is 15.6 Å². The van der Waals surface area contributed by atoms with Gasteiger partial charge in [0, 0.05) is 0 Å². The summed E-state index contributed by atoms with van der Waals surface area (Å²) in [4.78, 5) is 12.2. The van der Waals surface area contributed by atoms with Gasteiger partial charge in [0.2, 0.25) is 0 Å². The van der Waals surface area contributed by atoms with Gasteiger partial charge in [-0.05, 0) is 34.8 Å². The van der Waals surface area contributed by atoms with Crippen molar-refractivity contribution in [3.63, 3.8) is 0 Å². The summed E-state index contributed by atoms with van der Waals surface area (Å²) in [5.41, 5.74) is 3.41. The number of carbonyl (C=O) groups excluding carboxylic acids is 1. The Kier molecular flexibility index (Phi) is 5.39. The second-order valence-corrected chi connectivity index (χ2v) is 8.36. The monoisotopic (exact) mass is 450 g/mol. The highest BCUT2D eigenvalue weighted by molar-refractivity contribution is 5.88. The van der Waals surface area contributed by atoms with Crippen molar-refractivity contribution in [2.45, 2.75) is 37.6 Å². The average molecular weight is 450 g/mol. The summed E-state index contributed by atoms with van der Waals surface area (Å²) in [6.45, 7) is 2.36. The van der Waals surface area contributed by atoms with Crippen LogP contribution >= 0.6 is 0 Å². The Morgan fingerprint density at radius 2 is 1.74 bits per heavy atom. The molecule has 34 heavy (non-hydrogen) atoms. The number of nitrogens with zero attached hydrogens (tertiary/aromatic N) is 4. The molecule has 7 heteroatoms. The third kappa shape index (κ3) is 3.02. The van der Waals surface area contributed by atoms with Crippen LogP contribution in [0.25, 0.3) is 11.1 Å². The van der Waals surface area contributed by atoms with E-state index in [9.17, 15) is 15.3 Å². The van der Waals surface area contributed by atoms with Gasteiger partial charge in [-0.1, -0.05) is 68.3 Å². The largest absolute Gasteiger partial charge is 0.513 e. The van der Waals surface area contributed by atoms with E-state index in [2.05, 4.69) is 24.2 Å². The van der Waals surface area contributed by atoms with Gasteiger partial charge in [-0.3, -0.25) is 0 Å². The lowest BCUT2D eigenvalue weighted by molar-refractivity contribution is 0.0784. The fourth-order valence-corrected chi connectivity index (χ4v) is 5.21. The van der Waals surface area contributed by atoms with Crippen molar-refractivity contribution in [2.75, 3.05) is 6.61 Å². The topological polar surface area (TPSA) is 98.7 Å². The maximum atomic E-state index is 12.2. The van der Waals surface area contributed by atoms with E-state index in [0.717, 1.165) is 41.5 Å². The van der Waals surface area contributed by atoms with Crippen molar-refractivity contribution in [3.05, 3.63) is 82.8 Å². The minimum atomic E-state index is -0.954. The van der Waals surface area contributed by atoms with Gasteiger partial charge in [0.15, 0.2) is 11.5 Å². The molecular formula is C27H22N4O3. The predicted octanol–water partition coefficient (Wildman–Crippen LogP) is 5.17. The molecule has 0 bridgehead atoms. The molecule has 1 atom stereocenters. The van der Waals surface area contributed by atoms with Crippen molar-refractivity contribution in [1.29, 1.82) is 10.5 Å². The number of benzene rings is 2. The number of ether oxygens (including phenoxy) is 2. The summed E-state index contributed by atoms with van der Waals surface area (Å²) in [7, 11) is 0. The summed E-state index contributed by atoms with van der Waals surface area (Å²) < 4.78 is 10.6. The lowest BCUT2D eigenvalue weighted by Gasteiger charge is -2.36. The van der Waals surface area contributed by atoms with Crippen LogP contribution in [0.4, 0.5) is 4.79 Å². The molecule has 1 unspecified atom stereocenters. The van der Waals surface area contributed by atoms with Crippen LogP contribution in [0.3, 0.4) is 0 Å². The average Bonchev–Trinajstić information content (AvgIpc) is 3.32. The third-order valence-corrected chi connectivity index (χ3v) is 6.58. The molecule has 0 amide bonds. The summed E-state index contributed by atoms with van der Waals surface area (Å²) in [6, 6.07) is 19.7. The van der Waals surface area contributed by atoms with Crippen LogP contribution in [0.1, 0.15) is 37.3 Å². The van der Waals surface area contributed by atoms with E-state index in [1.165, 1.54) is 6.21 Å². The summed E-state index contributed by atoms with van der Waals surface area (Å²) >= 11 is 0. The van der Waals surface area contributed by atoms with Gasteiger partial charge in [0.1, 0.15) is 6.07 Å². The zero-order chi connectivity index (χ0) is 23.7. The number of hydrogen-bond donors (Lipinski definition) is 0. The van der Waals surface area contributed by atoms with Crippen molar-refractivity contribution in [2.24, 2.45) is 5.10 Å². The molecule has 3 aliphatic rings. The van der Waals surface area contributed by atoms with Crippen LogP contribution in [-0.4, -0.2) is 30.0 Å². The van der Waals surface area contributed by atoms with E-state index in [1.807, 2.05) is 48.5 Å². The molecule has 1 aliphatic carbocycles. The maximum absolute atomic E-state index is 12.2. The van der Waals surface area contributed by atoms with Crippen molar-refractivity contribution in [1.82, 2.24) is 5.01 Å². The molecule has 2 aromatic rings. The first-order chi connectivity index (χ1) is 16.7. The van der Waals surface area contributed by atoms with Crippen molar-refractivity contribution < 1.29 is 14.3 Å². The molecule has 2 aromatic carbocycles. The minimum Gasteiger partial charge on any atom is -0.434 e. The molecule has 0 aromatic heterocycles. The fourth-order valence-electron chi connectivity index (χ4n) is 5.21. The molecule has 0 N–H and O–H groups in total. The Bertz CT molecular complexity index is 1300. The van der Waals surface area contributed by atoms with Crippen LogP contribution in [0, 0.1) is 22.7 Å². The summed E-state index contributed by atoms with van der Waals surface area (Å²) in [6.07, 6.45) is 5.09. The summed E-state index contributed by atoms with van der Waals surface area (Å²) in [5, 5.41) is 26.3. The molecule has 0 fully saturated rings. The van der Waals surface area contributed by atoms with Crippen molar-refractivity contribution >= 4 is 12.4 Å². The number of unbranched alkanes of at least 4 members (excludes halogenated alkanes) is 2. The number of rotatable bonds is 5. The number of allylic oxidation sites excluding steroid dienone is 2. The van der Waals surface area contributed by atoms with E-state index in [0.29, 0.717) is 5.57 Å². The van der Waals surface area contributed by atoms with E-state index in [4.69, 9.17) is 9.47 Å². The highest BCUT2D eigenvalue weighted by atomic mass is 16.7. The zero-order valence-electron chi connectivity index (χ0n) is 18.7. The standard InChI is InChI=1S/C27H22N4O3/c1-2-3-8-13-33-26(32)34-18-14-25-27(23(15-28)24(16-29)31(25)30-17-18)21-11-6-4-9-19(21)20-10-5-7-12-22(20)27/h4-7,9-12,14,17,25H,2-3,8,13H2,1H3. The lowest BCUT2D eigenvalue weighted by Crippen LogP contribution is -2.43. The fraction of sp³-hybridized carbons (Fsp3) is 0.259. The first-order valence-corrected chi connectivity index (χ1v) is 11.3. The molecule has 7 nitrogen and oxygen atoms in total. The highest BCUT2D eigenvalue weighted by Crippen LogP contribution is 2.60. The number of carbonyl (C=O) groups is 1. The first kappa shape index (κ1) is 21.5. The molecule has 2 heterocycles. The second kappa shape index (κ2) is 8.53. The van der Waals surface area contributed by atoms with Crippen LogP contribution in [0.2, 0.25) is 0 Å². The molecule has 2 aliphatic heterocycles. The Hall–Kier alpha value is -4.36. The maximum Gasteiger partial charge on any atom is 0.513 e. The van der Waals surface area contributed by atoms with Gasteiger partial charge in [0.25, 0.3) is 0 Å². The van der Waals surface area contributed by atoms with Gasteiger partial charge < -0.3 is 9.47 Å². The normalized spacial score (nSPS) is 18.5. The Labute approximate surface area is 197 Å². The van der Waals surface area contributed by atoms with Crippen molar-refractivity contribution in [3.8, 4) is 23.3 Å². The molecule has 0 saturated heterocycles. The van der Waals surface area contributed by atoms with Gasteiger partial charge >= 0.3 is 6.16 Å². The van der Waals surface area contributed by atoms with Crippen LogP contribution in [0.15, 0.2) is 76.7 Å². The second-order valence-electron chi connectivity index (χ2n) is 8.36. The highest BCUT2D eigenvalue weighted by Gasteiger charge is 2.60. The van der Waals surface area contributed by atoms with Gasteiger partial charge in [-0.15, -0.1) is 0 Å². The quantitative estimate of drug-likeness (QED) is 0.461. The molecule has 5 rings (SSSR count). The number of nitriles is 2. The Morgan fingerprint density at radius 1 is 1.06 bits per heavy atom. The Balaban J connectivity index is 1.60. The van der Waals surface area contributed by atoms with E-state index < -0.39 is 17.6 Å². The molecule has 168 valence electrons. The van der Waals surface area contributed by atoms with E-state index in [1.54, 1.807) is 11.1 Å². The smallest absolute Gasteiger partial charge is 0.434 e. The third-order valence-electron chi connectivity index (χ3n) is 6.58. The van der Waals surface area contributed by atoms with Crippen LogP contribution in [0.5, 0.6) is 0 Å². The Morgan fingerprint density at radius 3 is 2.35 bits per heavy atom. The number of fused-ring (bicyclic) bond motifs is 7. The molecular weight excluding hydrogens is 428 g/mol. The van der Waals surface area contributed by atoms with E-state index >= 15 is 0 Å². The van der Waals surface area contributed by atoms with Gasteiger partial charge in [-0.25, -0.2) is 9.80 Å². The van der Waals surface area contributed by atoms with E-state index in [-0.39, 0.29) is 18.1 Å². The zero-order valence-corrected chi connectivity index (χ0v) is 18.7. The predicted molar refractivity (Wildman–Crippen MR) is 125 cm³/mol. The van der Waals surface area contributed by atoms with Crippen LogP contribution in [-0.2, 0) is 14.9 Å². The lowest BCUT2D eigenvalue weighted by atomic mass is 9.68. The van der Waals surface area contributed by atoms with Gasteiger partial charge in [0.05, 0.1) is 35.9 Å². The minimum absolute atomic E-state index is 0.188. The first-order valence-electron chi connectivity index (χ1n) is 11.3. The summed E-state index contributed by atoms with van der Waals surface area (Å²) in [5.74, 6) is 0.222. The number of hydrogen-bond acceptors (Lipinski definition) is 7.